The Morgan fingerprint density at radius 2 is 2.00 bits per heavy atom. The summed E-state index contributed by atoms with van der Waals surface area (Å²) in [5.41, 5.74) is 4.19. The molecule has 1 aromatic carbocycles. The quantitative estimate of drug-likeness (QED) is 0.586. The molecule has 0 saturated heterocycles. The van der Waals surface area contributed by atoms with Crippen molar-refractivity contribution < 1.29 is 9.21 Å². The summed E-state index contributed by atoms with van der Waals surface area (Å²) >= 11 is 1.35. The second-order valence-corrected chi connectivity index (χ2v) is 5.95. The van der Waals surface area contributed by atoms with E-state index in [2.05, 4.69) is 15.5 Å². The first-order chi connectivity index (χ1) is 11.1. The van der Waals surface area contributed by atoms with E-state index < -0.39 is 0 Å². The molecule has 2 aromatic heterocycles. The van der Waals surface area contributed by atoms with Crippen molar-refractivity contribution in [1.82, 2.24) is 10.4 Å². The molecule has 0 fully saturated rings. The Bertz CT molecular complexity index is 850. The molecule has 1 amide bonds. The van der Waals surface area contributed by atoms with Gasteiger partial charge in [-0.25, -0.2) is 10.4 Å². The second kappa shape index (κ2) is 6.58. The molecule has 1 N–H and O–H groups in total. The number of thiazole rings is 1. The average Bonchev–Trinajstić information content (AvgIpc) is 3.14. The Morgan fingerprint density at radius 1 is 1.22 bits per heavy atom. The van der Waals surface area contributed by atoms with Crippen LogP contribution in [-0.2, 0) is 0 Å². The van der Waals surface area contributed by atoms with Gasteiger partial charge in [-0.2, -0.15) is 5.10 Å². The largest absolute Gasteiger partial charge is 0.460 e. The summed E-state index contributed by atoms with van der Waals surface area (Å²) in [4.78, 5) is 17.2. The molecule has 0 saturated carbocycles. The summed E-state index contributed by atoms with van der Waals surface area (Å²) < 4.78 is 5.35. The monoisotopic (exact) mass is 325 g/mol. The predicted octanol–water partition coefficient (Wildman–Crippen LogP) is 3.78. The summed E-state index contributed by atoms with van der Waals surface area (Å²) in [5, 5.41) is 4.73. The number of hydrogen-bond acceptors (Lipinski definition) is 5. The molecule has 0 aliphatic carbocycles. The fraction of sp³-hybridized carbons (Fsp3) is 0.118. The van der Waals surface area contributed by atoms with E-state index in [1.54, 1.807) is 6.07 Å². The number of nitrogens with one attached hydrogen (secondary N) is 1. The number of carbonyl (C=O) groups is 1. The van der Waals surface area contributed by atoms with Crippen LogP contribution >= 0.6 is 11.3 Å². The number of hydrazone groups is 1. The average molecular weight is 325 g/mol. The van der Waals surface area contributed by atoms with Gasteiger partial charge in [0.15, 0.2) is 0 Å². The smallest absolute Gasteiger partial charge is 0.283 e. The molecule has 0 atom stereocenters. The second-order valence-electron chi connectivity index (χ2n) is 4.95. The van der Waals surface area contributed by atoms with Gasteiger partial charge in [-0.1, -0.05) is 30.3 Å². The first-order valence-electron chi connectivity index (χ1n) is 7.06. The van der Waals surface area contributed by atoms with E-state index in [0.29, 0.717) is 16.3 Å². The van der Waals surface area contributed by atoms with Crippen LogP contribution in [0.2, 0.25) is 0 Å². The molecule has 0 aliphatic heterocycles. The van der Waals surface area contributed by atoms with Gasteiger partial charge in [-0.05, 0) is 26.0 Å². The minimum absolute atomic E-state index is 0.276. The highest BCUT2D eigenvalue weighted by atomic mass is 32.1. The number of carbonyl (C=O) groups excluding carboxylic acids is 1. The third kappa shape index (κ3) is 3.54. The van der Waals surface area contributed by atoms with E-state index in [0.717, 1.165) is 16.3 Å². The maximum Gasteiger partial charge on any atom is 0.283 e. The third-order valence-electron chi connectivity index (χ3n) is 3.14. The van der Waals surface area contributed by atoms with Gasteiger partial charge in [0.2, 0.25) is 0 Å². The van der Waals surface area contributed by atoms with Crippen molar-refractivity contribution in [3.8, 4) is 10.6 Å². The van der Waals surface area contributed by atoms with Crippen LogP contribution in [0.1, 0.15) is 26.9 Å². The SMILES string of the molecule is Cc1ccc(/C=N/NC(=O)c2sc(-c3ccccc3)nc2C)o1. The highest BCUT2D eigenvalue weighted by molar-refractivity contribution is 7.17. The lowest BCUT2D eigenvalue weighted by molar-refractivity contribution is 0.0958. The molecule has 5 nitrogen and oxygen atoms in total. The van der Waals surface area contributed by atoms with Crippen molar-refractivity contribution >= 4 is 23.5 Å². The number of hydrogen-bond donors (Lipinski definition) is 1. The van der Waals surface area contributed by atoms with Gasteiger partial charge in [-0.3, -0.25) is 4.79 Å². The molecule has 3 aromatic rings. The summed E-state index contributed by atoms with van der Waals surface area (Å²) in [5.74, 6) is 1.11. The summed E-state index contributed by atoms with van der Waals surface area (Å²) in [6.07, 6.45) is 1.47. The summed E-state index contributed by atoms with van der Waals surface area (Å²) in [6, 6.07) is 13.4. The Hall–Kier alpha value is -2.73. The van der Waals surface area contributed by atoms with Crippen LogP contribution in [0, 0.1) is 13.8 Å². The predicted molar refractivity (Wildman–Crippen MR) is 90.8 cm³/mol. The molecular formula is C17H15N3O2S. The number of benzene rings is 1. The highest BCUT2D eigenvalue weighted by Crippen LogP contribution is 2.27. The number of amides is 1. The lowest BCUT2D eigenvalue weighted by Gasteiger charge is -1.96. The van der Waals surface area contributed by atoms with Gasteiger partial charge in [0.1, 0.15) is 21.4 Å². The highest BCUT2D eigenvalue weighted by Gasteiger charge is 2.15. The van der Waals surface area contributed by atoms with Crippen LogP contribution in [0.5, 0.6) is 0 Å². The van der Waals surface area contributed by atoms with E-state index in [1.807, 2.05) is 50.2 Å². The van der Waals surface area contributed by atoms with Crippen LogP contribution < -0.4 is 5.43 Å². The van der Waals surface area contributed by atoms with Crippen molar-refractivity contribution in [2.45, 2.75) is 13.8 Å². The van der Waals surface area contributed by atoms with Crippen molar-refractivity contribution in [3.63, 3.8) is 0 Å². The van der Waals surface area contributed by atoms with E-state index in [-0.39, 0.29) is 5.91 Å². The zero-order valence-electron chi connectivity index (χ0n) is 12.7. The van der Waals surface area contributed by atoms with Crippen molar-refractivity contribution in [2.75, 3.05) is 0 Å². The number of aryl methyl sites for hydroxylation is 2. The zero-order valence-corrected chi connectivity index (χ0v) is 13.6. The first-order valence-corrected chi connectivity index (χ1v) is 7.88. The number of nitrogens with zero attached hydrogens (tertiary/aromatic N) is 2. The molecule has 0 radical (unpaired) electrons. The number of aromatic nitrogens is 1. The molecule has 3 rings (SSSR count). The van der Waals surface area contributed by atoms with Gasteiger partial charge < -0.3 is 4.42 Å². The fourth-order valence-corrected chi connectivity index (χ4v) is 3.00. The lowest BCUT2D eigenvalue weighted by Crippen LogP contribution is -2.17. The summed E-state index contributed by atoms with van der Waals surface area (Å²) in [7, 11) is 0. The zero-order chi connectivity index (χ0) is 16.2. The maximum atomic E-state index is 12.2. The Morgan fingerprint density at radius 3 is 2.70 bits per heavy atom. The first kappa shape index (κ1) is 15.2. The van der Waals surface area contributed by atoms with Crippen molar-refractivity contribution in [1.29, 1.82) is 0 Å². The van der Waals surface area contributed by atoms with E-state index in [9.17, 15) is 4.79 Å². The molecule has 23 heavy (non-hydrogen) atoms. The number of furan rings is 1. The topological polar surface area (TPSA) is 67.5 Å². The van der Waals surface area contributed by atoms with Crippen LogP contribution in [0.25, 0.3) is 10.6 Å². The molecule has 116 valence electrons. The van der Waals surface area contributed by atoms with Gasteiger partial charge in [0.25, 0.3) is 5.91 Å². The third-order valence-corrected chi connectivity index (χ3v) is 4.35. The van der Waals surface area contributed by atoms with Crippen LogP contribution in [-0.4, -0.2) is 17.1 Å². The Balaban J connectivity index is 1.73. The van der Waals surface area contributed by atoms with Crippen LogP contribution in [0.15, 0.2) is 52.0 Å². The molecular weight excluding hydrogens is 310 g/mol. The molecule has 0 bridgehead atoms. The van der Waals surface area contributed by atoms with Gasteiger partial charge >= 0.3 is 0 Å². The van der Waals surface area contributed by atoms with E-state index in [4.69, 9.17) is 4.42 Å². The maximum absolute atomic E-state index is 12.2. The molecule has 0 aliphatic rings. The summed E-state index contributed by atoms with van der Waals surface area (Å²) in [6.45, 7) is 3.67. The fourth-order valence-electron chi connectivity index (χ4n) is 2.04. The molecule has 0 unspecified atom stereocenters. The van der Waals surface area contributed by atoms with E-state index in [1.165, 1.54) is 17.6 Å². The van der Waals surface area contributed by atoms with Crippen LogP contribution in [0.4, 0.5) is 0 Å². The van der Waals surface area contributed by atoms with Crippen LogP contribution in [0.3, 0.4) is 0 Å². The van der Waals surface area contributed by atoms with Crippen molar-refractivity contribution in [3.05, 3.63) is 64.6 Å². The van der Waals surface area contributed by atoms with Gasteiger partial charge in [0, 0.05) is 5.56 Å². The minimum atomic E-state index is -0.276. The lowest BCUT2D eigenvalue weighted by atomic mass is 10.2. The van der Waals surface area contributed by atoms with E-state index >= 15 is 0 Å². The normalized spacial score (nSPS) is 11.0. The minimum Gasteiger partial charge on any atom is -0.460 e. The standard InChI is InChI=1S/C17H15N3O2S/c1-11-8-9-14(22-11)10-18-20-16(21)15-12(2)19-17(23-15)13-6-4-3-5-7-13/h3-10H,1-2H3,(H,20,21)/b18-10+. The number of rotatable bonds is 4. The van der Waals surface area contributed by atoms with Crippen molar-refractivity contribution in [2.24, 2.45) is 5.10 Å². The molecule has 6 heteroatoms. The molecule has 2 heterocycles. The Kier molecular flexibility index (Phi) is 4.34. The van der Waals surface area contributed by atoms with Gasteiger partial charge in [0.05, 0.1) is 11.9 Å². The molecule has 0 spiro atoms. The van der Waals surface area contributed by atoms with Gasteiger partial charge in [-0.15, -0.1) is 11.3 Å². The Labute approximate surface area is 137 Å².